The van der Waals surface area contributed by atoms with Crippen LogP contribution in [0.5, 0.6) is 0 Å². The number of hydrogen-bond acceptors (Lipinski definition) is 4. The number of rotatable bonds is 11. The van der Waals surface area contributed by atoms with Gasteiger partial charge in [0, 0.05) is 18.8 Å². The molecule has 0 aliphatic carbocycles. The minimum Gasteiger partial charge on any atom is -0.394 e. The summed E-state index contributed by atoms with van der Waals surface area (Å²) in [6.45, 7) is 12.0. The summed E-state index contributed by atoms with van der Waals surface area (Å²) in [4.78, 5) is 0. The summed E-state index contributed by atoms with van der Waals surface area (Å²) in [5.74, 6) is 0.571. The number of aliphatic hydroxyl groups is 1. The first-order valence-corrected chi connectivity index (χ1v) is 6.55. The van der Waals surface area contributed by atoms with Crippen LogP contribution in [0.1, 0.15) is 34.1 Å². The molecule has 0 aromatic carbocycles. The molecule has 0 aromatic heterocycles. The van der Waals surface area contributed by atoms with Crippen molar-refractivity contribution < 1.29 is 14.6 Å². The second-order valence-corrected chi connectivity index (χ2v) is 5.08. The lowest BCUT2D eigenvalue weighted by atomic mass is 10.00. The van der Waals surface area contributed by atoms with Crippen molar-refractivity contribution in [2.75, 3.05) is 39.6 Å². The quantitative estimate of drug-likeness (QED) is 0.542. The maximum atomic E-state index is 9.28. The predicted molar refractivity (Wildman–Crippen MR) is 70.3 cm³/mol. The first kappa shape index (κ1) is 16.8. The molecule has 17 heavy (non-hydrogen) atoms. The summed E-state index contributed by atoms with van der Waals surface area (Å²) in [5, 5.41) is 12.5. The van der Waals surface area contributed by atoms with Crippen LogP contribution in [0.25, 0.3) is 0 Å². The minimum atomic E-state index is -0.229. The van der Waals surface area contributed by atoms with Crippen molar-refractivity contribution in [2.45, 2.75) is 39.7 Å². The summed E-state index contributed by atoms with van der Waals surface area (Å²) >= 11 is 0. The van der Waals surface area contributed by atoms with Gasteiger partial charge in [0.15, 0.2) is 0 Å². The zero-order valence-electron chi connectivity index (χ0n) is 11.8. The van der Waals surface area contributed by atoms with Crippen molar-refractivity contribution in [2.24, 2.45) is 5.92 Å². The molecule has 0 saturated carbocycles. The fourth-order valence-corrected chi connectivity index (χ4v) is 1.49. The average molecular weight is 247 g/mol. The fourth-order valence-electron chi connectivity index (χ4n) is 1.49. The van der Waals surface area contributed by atoms with Gasteiger partial charge in [0.05, 0.1) is 19.8 Å². The van der Waals surface area contributed by atoms with Gasteiger partial charge in [-0.05, 0) is 25.8 Å². The largest absolute Gasteiger partial charge is 0.394 e. The monoisotopic (exact) mass is 247 g/mol. The van der Waals surface area contributed by atoms with Gasteiger partial charge >= 0.3 is 0 Å². The summed E-state index contributed by atoms with van der Waals surface area (Å²) in [7, 11) is 0. The van der Waals surface area contributed by atoms with E-state index in [9.17, 15) is 5.11 Å². The normalized spacial score (nSPS) is 15.2. The van der Waals surface area contributed by atoms with Gasteiger partial charge in [-0.25, -0.2) is 0 Å². The Morgan fingerprint density at radius 2 is 1.82 bits per heavy atom. The highest BCUT2D eigenvalue weighted by atomic mass is 16.5. The average Bonchev–Trinajstić information content (AvgIpc) is 2.28. The van der Waals surface area contributed by atoms with Crippen LogP contribution in [0, 0.1) is 5.92 Å². The van der Waals surface area contributed by atoms with Crippen molar-refractivity contribution in [1.29, 1.82) is 0 Å². The Kier molecular flexibility index (Phi) is 9.74. The van der Waals surface area contributed by atoms with E-state index in [0.717, 1.165) is 19.6 Å². The van der Waals surface area contributed by atoms with Gasteiger partial charge in [0.2, 0.25) is 0 Å². The SMILES string of the molecule is CCNC(C)(CO)CCOCCOCC(C)C. The number of hydrogen-bond donors (Lipinski definition) is 2. The Morgan fingerprint density at radius 1 is 1.18 bits per heavy atom. The second kappa shape index (κ2) is 9.83. The standard InChI is InChI=1S/C13H29NO3/c1-5-14-13(4,11-15)6-7-16-8-9-17-10-12(2)3/h12,14-15H,5-11H2,1-4H3. The molecule has 0 saturated heterocycles. The lowest BCUT2D eigenvalue weighted by Gasteiger charge is -2.28. The minimum absolute atomic E-state index is 0.133. The molecule has 0 bridgehead atoms. The highest BCUT2D eigenvalue weighted by molar-refractivity contribution is 4.81. The fraction of sp³-hybridized carbons (Fsp3) is 1.00. The molecule has 0 aliphatic heterocycles. The van der Waals surface area contributed by atoms with E-state index in [0.29, 0.717) is 25.7 Å². The molecule has 0 aromatic rings. The molecule has 0 rings (SSSR count). The molecule has 0 fully saturated rings. The van der Waals surface area contributed by atoms with E-state index in [-0.39, 0.29) is 12.1 Å². The maximum Gasteiger partial charge on any atom is 0.0700 e. The first-order valence-electron chi connectivity index (χ1n) is 6.55. The van der Waals surface area contributed by atoms with E-state index in [2.05, 4.69) is 19.2 Å². The van der Waals surface area contributed by atoms with E-state index >= 15 is 0 Å². The summed E-state index contributed by atoms with van der Waals surface area (Å²) < 4.78 is 10.9. The molecule has 0 aliphatic rings. The van der Waals surface area contributed by atoms with E-state index in [1.54, 1.807) is 0 Å². The molecular formula is C13H29NO3. The van der Waals surface area contributed by atoms with Crippen LogP contribution in [0.15, 0.2) is 0 Å². The van der Waals surface area contributed by atoms with E-state index in [4.69, 9.17) is 9.47 Å². The first-order chi connectivity index (χ1) is 8.04. The van der Waals surface area contributed by atoms with Gasteiger partial charge in [-0.1, -0.05) is 20.8 Å². The van der Waals surface area contributed by atoms with Crippen molar-refractivity contribution in [1.82, 2.24) is 5.32 Å². The Bertz CT molecular complexity index is 176. The van der Waals surface area contributed by atoms with Gasteiger partial charge in [-0.3, -0.25) is 0 Å². The summed E-state index contributed by atoms with van der Waals surface area (Å²) in [6.07, 6.45) is 0.807. The molecular weight excluding hydrogens is 218 g/mol. The zero-order chi connectivity index (χ0) is 13.1. The molecule has 4 nitrogen and oxygen atoms in total. The molecule has 0 spiro atoms. The topological polar surface area (TPSA) is 50.7 Å². The Balaban J connectivity index is 3.43. The molecule has 1 unspecified atom stereocenters. The summed E-state index contributed by atoms with van der Waals surface area (Å²) in [5.41, 5.74) is -0.229. The number of likely N-dealkylation sites (N-methyl/N-ethyl adjacent to an activating group) is 1. The van der Waals surface area contributed by atoms with Gasteiger partial charge in [-0.2, -0.15) is 0 Å². The van der Waals surface area contributed by atoms with Gasteiger partial charge in [-0.15, -0.1) is 0 Å². The third kappa shape index (κ3) is 9.53. The van der Waals surface area contributed by atoms with Crippen LogP contribution in [0.3, 0.4) is 0 Å². The van der Waals surface area contributed by atoms with Crippen LogP contribution < -0.4 is 5.32 Å². The third-order valence-corrected chi connectivity index (χ3v) is 2.57. The molecule has 0 radical (unpaired) electrons. The Hall–Kier alpha value is -0.160. The van der Waals surface area contributed by atoms with Crippen LogP contribution in [0.4, 0.5) is 0 Å². The van der Waals surface area contributed by atoms with Crippen molar-refractivity contribution in [3.63, 3.8) is 0 Å². The predicted octanol–water partition coefficient (Wildman–Crippen LogP) is 1.43. The molecule has 0 heterocycles. The zero-order valence-corrected chi connectivity index (χ0v) is 11.8. The van der Waals surface area contributed by atoms with Crippen molar-refractivity contribution in [3.05, 3.63) is 0 Å². The summed E-state index contributed by atoms with van der Waals surface area (Å²) in [6, 6.07) is 0. The number of ether oxygens (including phenoxy) is 2. The highest BCUT2D eigenvalue weighted by Crippen LogP contribution is 2.08. The molecule has 4 heteroatoms. The van der Waals surface area contributed by atoms with Crippen LogP contribution in [0.2, 0.25) is 0 Å². The van der Waals surface area contributed by atoms with Crippen molar-refractivity contribution >= 4 is 0 Å². The molecule has 0 amide bonds. The Labute approximate surface area is 106 Å². The molecule has 104 valence electrons. The Morgan fingerprint density at radius 3 is 2.35 bits per heavy atom. The third-order valence-electron chi connectivity index (χ3n) is 2.57. The molecule has 1 atom stereocenters. The number of nitrogens with one attached hydrogen (secondary N) is 1. The lowest BCUT2D eigenvalue weighted by Crippen LogP contribution is -2.46. The van der Waals surface area contributed by atoms with Crippen LogP contribution >= 0.6 is 0 Å². The lowest BCUT2D eigenvalue weighted by molar-refractivity contribution is 0.0268. The highest BCUT2D eigenvalue weighted by Gasteiger charge is 2.21. The maximum absolute atomic E-state index is 9.28. The van der Waals surface area contributed by atoms with Gasteiger partial charge < -0.3 is 19.9 Å². The van der Waals surface area contributed by atoms with E-state index in [1.807, 2.05) is 13.8 Å². The van der Waals surface area contributed by atoms with Crippen molar-refractivity contribution in [3.8, 4) is 0 Å². The van der Waals surface area contributed by atoms with Gasteiger partial charge in [0.25, 0.3) is 0 Å². The molecule has 2 N–H and O–H groups in total. The smallest absolute Gasteiger partial charge is 0.0700 e. The van der Waals surface area contributed by atoms with Crippen LogP contribution in [-0.4, -0.2) is 50.2 Å². The second-order valence-electron chi connectivity index (χ2n) is 5.08. The van der Waals surface area contributed by atoms with Crippen LogP contribution in [-0.2, 0) is 9.47 Å². The van der Waals surface area contributed by atoms with E-state index < -0.39 is 0 Å². The van der Waals surface area contributed by atoms with Gasteiger partial charge in [0.1, 0.15) is 0 Å². The number of aliphatic hydroxyl groups excluding tert-OH is 1. The van der Waals surface area contributed by atoms with E-state index in [1.165, 1.54) is 0 Å².